The van der Waals surface area contributed by atoms with Crippen LogP contribution in [0.25, 0.3) is 5.57 Å². The van der Waals surface area contributed by atoms with Crippen LogP contribution in [0, 0.1) is 0 Å². The van der Waals surface area contributed by atoms with Crippen molar-refractivity contribution in [1.82, 2.24) is 4.58 Å². The first-order chi connectivity index (χ1) is 8.20. The number of amides is 1. The van der Waals surface area contributed by atoms with Gasteiger partial charge in [-0.05, 0) is 18.9 Å². The van der Waals surface area contributed by atoms with E-state index in [0.29, 0.717) is 6.42 Å². The number of hydrogen-bond donors (Lipinski definition) is 1. The Morgan fingerprint density at radius 2 is 2.24 bits per heavy atom. The van der Waals surface area contributed by atoms with Gasteiger partial charge in [0.05, 0.1) is 12.1 Å². The second kappa shape index (κ2) is 3.48. The topological polar surface area (TPSA) is 49.5 Å². The molecular formula is C13H14NO3+. The summed E-state index contributed by atoms with van der Waals surface area (Å²) in [7, 11) is 0. The van der Waals surface area contributed by atoms with Crippen LogP contribution in [0.5, 0.6) is 0 Å². The third kappa shape index (κ3) is 1.19. The quantitative estimate of drug-likeness (QED) is 0.429. The molecule has 1 amide bonds. The monoisotopic (exact) mass is 232 g/mol. The maximum Gasteiger partial charge on any atom is 0.387 e. The van der Waals surface area contributed by atoms with Crippen molar-refractivity contribution < 1.29 is 14.9 Å². The van der Waals surface area contributed by atoms with Gasteiger partial charge in [0.2, 0.25) is 5.36 Å². The number of rotatable bonds is 1. The van der Waals surface area contributed by atoms with Crippen LogP contribution in [0.15, 0.2) is 24.3 Å². The highest BCUT2D eigenvalue weighted by Gasteiger charge is 2.56. The molecular weight excluding hydrogens is 218 g/mol. The molecule has 0 spiro atoms. The van der Waals surface area contributed by atoms with Crippen LogP contribution in [-0.4, -0.2) is 16.9 Å². The molecule has 0 aromatic heterocycles. The number of carbonyl (C=O) groups is 1. The standard InChI is InChI=1S/C13H13NO3/c1-9(15)14-12-7-3-2-5-10(12)11-6-4-8-13(11,14)17-16/h2-3,5,7H,4,6,8H2,1H3/p+1. The van der Waals surface area contributed by atoms with Crippen molar-refractivity contribution in [2.75, 3.05) is 0 Å². The van der Waals surface area contributed by atoms with E-state index in [1.54, 1.807) is 4.58 Å². The fourth-order valence-electron chi connectivity index (χ4n) is 3.13. The molecule has 2 aliphatic rings. The van der Waals surface area contributed by atoms with Gasteiger partial charge in [-0.1, -0.05) is 12.1 Å². The third-order valence-electron chi connectivity index (χ3n) is 3.71. The molecule has 1 aromatic carbocycles. The number of hydrogen-bond acceptors (Lipinski definition) is 3. The maximum absolute atomic E-state index is 11.8. The molecule has 3 rings (SSSR count). The Morgan fingerprint density at radius 3 is 2.94 bits per heavy atom. The smallest absolute Gasteiger partial charge is 0.245 e. The lowest BCUT2D eigenvalue weighted by Crippen LogP contribution is -2.50. The fourth-order valence-corrected chi connectivity index (χ4v) is 3.13. The van der Waals surface area contributed by atoms with Crippen molar-refractivity contribution in [1.29, 1.82) is 0 Å². The van der Waals surface area contributed by atoms with Gasteiger partial charge < -0.3 is 0 Å². The van der Waals surface area contributed by atoms with Crippen LogP contribution in [0.1, 0.15) is 26.2 Å². The SMILES string of the molecule is CC(=O)[N+]1=c2ccccc2=C2CCCC21OO. The van der Waals surface area contributed by atoms with Gasteiger partial charge in [-0.15, -0.1) is 4.58 Å². The Morgan fingerprint density at radius 1 is 1.47 bits per heavy atom. The molecule has 17 heavy (non-hydrogen) atoms. The number of fused-ring (bicyclic) bond motifs is 2. The summed E-state index contributed by atoms with van der Waals surface area (Å²) in [5.74, 6) is -0.108. The van der Waals surface area contributed by atoms with Crippen LogP contribution in [-0.2, 0) is 9.68 Å². The van der Waals surface area contributed by atoms with Crippen molar-refractivity contribution in [3.05, 3.63) is 34.8 Å². The number of nitrogens with zero attached hydrogens (tertiary/aromatic N) is 1. The summed E-state index contributed by atoms with van der Waals surface area (Å²) in [6, 6.07) is 7.70. The predicted octanol–water partition coefficient (Wildman–Crippen LogP) is 0.258. The first-order valence-electron chi connectivity index (χ1n) is 5.80. The molecule has 0 radical (unpaired) electrons. The Kier molecular flexibility index (Phi) is 2.18. The first-order valence-corrected chi connectivity index (χ1v) is 5.80. The van der Waals surface area contributed by atoms with Crippen molar-refractivity contribution in [2.45, 2.75) is 31.9 Å². The van der Waals surface area contributed by atoms with Crippen LogP contribution >= 0.6 is 0 Å². The van der Waals surface area contributed by atoms with Crippen LogP contribution in [0.3, 0.4) is 0 Å². The summed E-state index contributed by atoms with van der Waals surface area (Å²) in [5, 5.41) is 11.2. The van der Waals surface area contributed by atoms with Crippen molar-refractivity contribution >= 4 is 11.5 Å². The van der Waals surface area contributed by atoms with Gasteiger partial charge in [0, 0.05) is 18.1 Å². The van der Waals surface area contributed by atoms with Gasteiger partial charge in [0.1, 0.15) is 0 Å². The largest absolute Gasteiger partial charge is 0.387 e. The van der Waals surface area contributed by atoms with Gasteiger partial charge >= 0.3 is 11.6 Å². The van der Waals surface area contributed by atoms with E-state index in [1.165, 1.54) is 6.92 Å². The first kappa shape index (κ1) is 10.6. The molecule has 1 aliphatic carbocycles. The Bertz CT molecular complexity index is 620. The van der Waals surface area contributed by atoms with E-state index >= 15 is 0 Å². The molecule has 0 saturated heterocycles. The normalized spacial score (nSPS) is 26.0. The van der Waals surface area contributed by atoms with E-state index in [-0.39, 0.29) is 5.91 Å². The zero-order chi connectivity index (χ0) is 12.0. The molecule has 1 aliphatic heterocycles. The third-order valence-corrected chi connectivity index (χ3v) is 3.71. The van der Waals surface area contributed by atoms with E-state index in [0.717, 1.165) is 29.0 Å². The Hall–Kier alpha value is -1.52. The zero-order valence-corrected chi connectivity index (χ0v) is 9.64. The summed E-state index contributed by atoms with van der Waals surface area (Å²) in [6.45, 7) is 1.50. The fraction of sp³-hybridized carbons (Fsp3) is 0.385. The molecule has 4 heteroatoms. The second-order valence-corrected chi connectivity index (χ2v) is 4.58. The molecule has 1 unspecified atom stereocenters. The van der Waals surface area contributed by atoms with E-state index in [9.17, 15) is 10.1 Å². The molecule has 1 N–H and O–H groups in total. The summed E-state index contributed by atoms with van der Waals surface area (Å²) in [4.78, 5) is 16.6. The van der Waals surface area contributed by atoms with E-state index in [2.05, 4.69) is 0 Å². The van der Waals surface area contributed by atoms with Crippen molar-refractivity contribution in [3.63, 3.8) is 0 Å². The van der Waals surface area contributed by atoms with Gasteiger partial charge in [-0.3, -0.25) is 0 Å². The Labute approximate surface area is 98.4 Å². The van der Waals surface area contributed by atoms with Crippen molar-refractivity contribution in [2.24, 2.45) is 0 Å². The lowest BCUT2D eigenvalue weighted by molar-refractivity contribution is -0.314. The summed E-state index contributed by atoms with van der Waals surface area (Å²) in [5.41, 5.74) is 0.0704. The van der Waals surface area contributed by atoms with E-state index in [4.69, 9.17) is 4.89 Å². The van der Waals surface area contributed by atoms with Gasteiger partial charge in [-0.25, -0.2) is 10.1 Å². The summed E-state index contributed by atoms with van der Waals surface area (Å²) in [6.07, 6.45) is 2.43. The molecule has 1 aromatic rings. The van der Waals surface area contributed by atoms with E-state index < -0.39 is 5.72 Å². The van der Waals surface area contributed by atoms with E-state index in [1.807, 2.05) is 24.3 Å². The molecule has 4 nitrogen and oxygen atoms in total. The number of carbonyl (C=O) groups excluding carboxylic acids is 1. The minimum Gasteiger partial charge on any atom is -0.245 e. The molecule has 1 heterocycles. The number of para-hydroxylation sites is 1. The summed E-state index contributed by atoms with van der Waals surface area (Å²) < 4.78 is 1.57. The van der Waals surface area contributed by atoms with Crippen LogP contribution < -0.4 is 15.2 Å². The zero-order valence-electron chi connectivity index (χ0n) is 9.64. The Balaban J connectivity index is 2.47. The highest BCUT2D eigenvalue weighted by atomic mass is 17.1. The van der Waals surface area contributed by atoms with Crippen LogP contribution in [0.2, 0.25) is 0 Å². The summed E-state index contributed by atoms with van der Waals surface area (Å²) >= 11 is 0. The van der Waals surface area contributed by atoms with Crippen LogP contribution in [0.4, 0.5) is 0 Å². The van der Waals surface area contributed by atoms with Gasteiger partial charge in [-0.2, -0.15) is 4.89 Å². The maximum atomic E-state index is 11.8. The lowest BCUT2D eigenvalue weighted by atomic mass is 10.1. The lowest BCUT2D eigenvalue weighted by Gasteiger charge is -2.18. The minimum absolute atomic E-state index is 0.108. The molecule has 1 fully saturated rings. The van der Waals surface area contributed by atoms with Gasteiger partial charge in [0.15, 0.2) is 0 Å². The molecule has 1 saturated carbocycles. The molecule has 88 valence electrons. The average molecular weight is 232 g/mol. The molecule has 1 atom stereocenters. The second-order valence-electron chi connectivity index (χ2n) is 4.58. The van der Waals surface area contributed by atoms with Gasteiger partial charge in [0.25, 0.3) is 0 Å². The van der Waals surface area contributed by atoms with Crippen molar-refractivity contribution in [3.8, 4) is 0 Å². The molecule has 0 bridgehead atoms. The highest BCUT2D eigenvalue weighted by Crippen LogP contribution is 2.39. The number of benzene rings is 1. The predicted molar refractivity (Wildman–Crippen MR) is 61.3 cm³/mol. The highest BCUT2D eigenvalue weighted by molar-refractivity contribution is 5.80. The minimum atomic E-state index is -0.949. The average Bonchev–Trinajstić information content (AvgIpc) is 2.83.